The summed E-state index contributed by atoms with van der Waals surface area (Å²) < 4.78 is 29.1. The summed E-state index contributed by atoms with van der Waals surface area (Å²) in [4.78, 5) is 11.4. The number of likely N-dealkylation sites (N-methyl/N-ethyl adjacent to an activating group) is 1. The molecular formula is C13H14F2N4O2. The third-order valence-electron chi connectivity index (χ3n) is 2.83. The second kappa shape index (κ2) is 5.57. The molecule has 1 aromatic carbocycles. The number of hydrogen-bond acceptors (Lipinski definition) is 4. The Morgan fingerprint density at radius 1 is 1.29 bits per heavy atom. The molecule has 0 N–H and O–H groups in total. The lowest BCUT2D eigenvalue weighted by Gasteiger charge is -2.20. The predicted octanol–water partition coefficient (Wildman–Crippen LogP) is 2.43. The van der Waals surface area contributed by atoms with E-state index < -0.39 is 10.8 Å². The van der Waals surface area contributed by atoms with Crippen molar-refractivity contribution in [2.24, 2.45) is 0 Å². The van der Waals surface area contributed by atoms with Crippen LogP contribution in [0.1, 0.15) is 5.56 Å². The van der Waals surface area contributed by atoms with Gasteiger partial charge in [-0.15, -0.1) is 4.68 Å². The van der Waals surface area contributed by atoms with Gasteiger partial charge in [0.05, 0.1) is 29.6 Å². The minimum Gasteiger partial charge on any atom is -0.358 e. The number of benzene rings is 1. The molecule has 1 aromatic heterocycles. The number of rotatable bonds is 5. The van der Waals surface area contributed by atoms with Crippen molar-refractivity contribution in [3.05, 3.63) is 52.2 Å². The molecule has 2 aromatic rings. The molecular weight excluding hydrogens is 282 g/mol. The molecule has 0 unspecified atom stereocenters. The Morgan fingerprint density at radius 2 is 1.90 bits per heavy atom. The summed E-state index contributed by atoms with van der Waals surface area (Å²) >= 11 is 0. The molecule has 0 aliphatic rings. The van der Waals surface area contributed by atoms with Crippen molar-refractivity contribution in [2.45, 2.75) is 5.92 Å². The number of aromatic nitrogens is 2. The summed E-state index contributed by atoms with van der Waals surface area (Å²) in [5.41, 5.74) is 0.370. The standard InChI is InChI=1S/C13H14F2N4O2/c1-17(2)9-13(14,15)10-3-5-11(6-4-10)18-8-7-12(16-18)19(20)21/h3-8H,9H2,1-2H3. The van der Waals surface area contributed by atoms with E-state index in [-0.39, 0.29) is 17.9 Å². The second-order valence-electron chi connectivity index (χ2n) is 4.86. The lowest BCUT2D eigenvalue weighted by molar-refractivity contribution is -0.389. The highest BCUT2D eigenvalue weighted by Gasteiger charge is 2.32. The van der Waals surface area contributed by atoms with E-state index in [1.807, 2.05) is 0 Å². The van der Waals surface area contributed by atoms with Crippen molar-refractivity contribution < 1.29 is 13.7 Å². The van der Waals surface area contributed by atoms with Crippen molar-refractivity contribution in [3.63, 3.8) is 0 Å². The van der Waals surface area contributed by atoms with E-state index in [1.54, 1.807) is 14.1 Å². The van der Waals surface area contributed by atoms with Crippen LogP contribution in [-0.2, 0) is 5.92 Å². The monoisotopic (exact) mass is 296 g/mol. The largest absolute Gasteiger partial charge is 0.390 e. The predicted molar refractivity (Wildman–Crippen MR) is 72.7 cm³/mol. The molecule has 8 heteroatoms. The van der Waals surface area contributed by atoms with Crippen LogP contribution in [0.25, 0.3) is 5.69 Å². The van der Waals surface area contributed by atoms with Gasteiger partial charge in [0.1, 0.15) is 0 Å². The first-order valence-corrected chi connectivity index (χ1v) is 6.13. The van der Waals surface area contributed by atoms with Gasteiger partial charge in [-0.3, -0.25) is 0 Å². The molecule has 0 spiro atoms. The van der Waals surface area contributed by atoms with Gasteiger partial charge in [-0.1, -0.05) is 12.1 Å². The highest BCUT2D eigenvalue weighted by atomic mass is 19.3. The molecule has 2 rings (SSSR count). The van der Waals surface area contributed by atoms with Gasteiger partial charge in [0.15, 0.2) is 0 Å². The summed E-state index contributed by atoms with van der Waals surface area (Å²) in [7, 11) is 3.15. The van der Waals surface area contributed by atoms with Gasteiger partial charge < -0.3 is 15.0 Å². The molecule has 0 amide bonds. The third kappa shape index (κ3) is 3.40. The minimum atomic E-state index is -2.96. The average molecular weight is 296 g/mol. The molecule has 0 aliphatic carbocycles. The lowest BCUT2D eigenvalue weighted by Crippen LogP contribution is -2.29. The molecule has 6 nitrogen and oxygen atoms in total. The molecule has 112 valence electrons. The van der Waals surface area contributed by atoms with E-state index in [0.717, 1.165) is 0 Å². The van der Waals surface area contributed by atoms with E-state index in [9.17, 15) is 18.9 Å². The zero-order valence-electron chi connectivity index (χ0n) is 11.5. The number of nitro groups is 1. The van der Waals surface area contributed by atoms with Crippen molar-refractivity contribution in [2.75, 3.05) is 20.6 Å². The zero-order chi connectivity index (χ0) is 15.6. The van der Waals surface area contributed by atoms with Crippen LogP contribution >= 0.6 is 0 Å². The third-order valence-corrected chi connectivity index (χ3v) is 2.83. The molecule has 21 heavy (non-hydrogen) atoms. The molecule has 0 bridgehead atoms. The highest BCUT2D eigenvalue weighted by molar-refractivity contribution is 5.36. The Morgan fingerprint density at radius 3 is 2.38 bits per heavy atom. The Balaban J connectivity index is 2.24. The van der Waals surface area contributed by atoms with E-state index in [2.05, 4.69) is 5.10 Å². The normalized spacial score (nSPS) is 11.9. The fraction of sp³-hybridized carbons (Fsp3) is 0.308. The Hall–Kier alpha value is -2.35. The van der Waals surface area contributed by atoms with E-state index in [4.69, 9.17) is 0 Å². The summed E-state index contributed by atoms with van der Waals surface area (Å²) in [6, 6.07) is 6.75. The zero-order valence-corrected chi connectivity index (χ0v) is 11.5. The van der Waals surface area contributed by atoms with Crippen LogP contribution in [0.15, 0.2) is 36.5 Å². The van der Waals surface area contributed by atoms with Crippen molar-refractivity contribution >= 4 is 5.82 Å². The first-order valence-electron chi connectivity index (χ1n) is 6.13. The van der Waals surface area contributed by atoms with Crippen LogP contribution in [0, 0.1) is 10.1 Å². The minimum absolute atomic E-state index is 0.110. The quantitative estimate of drug-likeness (QED) is 0.628. The second-order valence-corrected chi connectivity index (χ2v) is 4.86. The fourth-order valence-corrected chi connectivity index (χ4v) is 1.90. The molecule has 1 heterocycles. The maximum absolute atomic E-state index is 13.9. The van der Waals surface area contributed by atoms with Crippen LogP contribution in [-0.4, -0.2) is 40.2 Å². The van der Waals surface area contributed by atoms with Gasteiger partial charge >= 0.3 is 5.82 Å². The molecule has 0 atom stereocenters. The fourth-order valence-electron chi connectivity index (χ4n) is 1.90. The average Bonchev–Trinajstić information content (AvgIpc) is 2.87. The van der Waals surface area contributed by atoms with Gasteiger partial charge in [-0.25, -0.2) is 0 Å². The molecule has 0 saturated carbocycles. The maximum atomic E-state index is 13.9. The smallest absolute Gasteiger partial charge is 0.358 e. The topological polar surface area (TPSA) is 64.2 Å². The number of hydrogen-bond donors (Lipinski definition) is 0. The Bertz CT molecular complexity index is 638. The SMILES string of the molecule is CN(C)CC(F)(F)c1ccc(-n2ccc([N+](=O)[O-])n2)cc1. The highest BCUT2D eigenvalue weighted by Crippen LogP contribution is 2.29. The maximum Gasteiger partial charge on any atom is 0.390 e. The molecule has 0 saturated heterocycles. The summed E-state index contributed by atoms with van der Waals surface area (Å²) in [6.07, 6.45) is 1.41. The van der Waals surface area contributed by atoms with E-state index in [0.29, 0.717) is 5.69 Å². The summed E-state index contributed by atoms with van der Waals surface area (Å²) in [6.45, 7) is -0.389. The van der Waals surface area contributed by atoms with Crippen LogP contribution in [0.2, 0.25) is 0 Å². The van der Waals surface area contributed by atoms with Gasteiger partial charge in [-0.05, 0) is 31.2 Å². The van der Waals surface area contributed by atoms with Gasteiger partial charge in [-0.2, -0.15) is 8.78 Å². The van der Waals surface area contributed by atoms with Crippen molar-refractivity contribution in [1.82, 2.24) is 14.7 Å². The summed E-state index contributed by atoms with van der Waals surface area (Å²) in [5.74, 6) is -3.25. The van der Waals surface area contributed by atoms with Crippen molar-refractivity contribution in [1.29, 1.82) is 0 Å². The van der Waals surface area contributed by atoms with Crippen LogP contribution in [0.5, 0.6) is 0 Å². The number of alkyl halides is 2. The van der Waals surface area contributed by atoms with Crippen LogP contribution in [0.3, 0.4) is 0 Å². The Labute approximate surface area is 119 Å². The number of halogens is 2. The van der Waals surface area contributed by atoms with E-state index >= 15 is 0 Å². The first kappa shape index (κ1) is 15.0. The molecule has 0 aliphatic heterocycles. The van der Waals surface area contributed by atoms with E-state index in [1.165, 1.54) is 46.1 Å². The van der Waals surface area contributed by atoms with Gasteiger partial charge in [0.25, 0.3) is 5.92 Å². The van der Waals surface area contributed by atoms with Gasteiger partial charge in [0, 0.05) is 5.56 Å². The Kier molecular flexibility index (Phi) is 3.99. The van der Waals surface area contributed by atoms with Crippen LogP contribution < -0.4 is 0 Å². The number of nitrogens with zero attached hydrogens (tertiary/aromatic N) is 4. The lowest BCUT2D eigenvalue weighted by atomic mass is 10.1. The van der Waals surface area contributed by atoms with Crippen molar-refractivity contribution in [3.8, 4) is 5.69 Å². The van der Waals surface area contributed by atoms with Gasteiger partial charge in [0.2, 0.25) is 0 Å². The molecule has 0 radical (unpaired) electrons. The van der Waals surface area contributed by atoms with Crippen LogP contribution in [0.4, 0.5) is 14.6 Å². The molecule has 0 fully saturated rings. The summed E-state index contributed by atoms with van der Waals surface area (Å²) in [5, 5.41) is 14.3. The first-order chi connectivity index (χ1) is 9.79.